The van der Waals surface area contributed by atoms with Gasteiger partial charge in [-0.2, -0.15) is 0 Å². The Kier molecular flexibility index (Phi) is 2.60. The zero-order valence-electron chi connectivity index (χ0n) is 9.38. The molecule has 0 bridgehead atoms. The second-order valence-electron chi connectivity index (χ2n) is 4.88. The molecule has 0 spiro atoms. The smallest absolute Gasteiger partial charge is 0.157 e. The lowest BCUT2D eigenvalue weighted by molar-refractivity contribution is 0.133. The van der Waals surface area contributed by atoms with E-state index in [0.717, 1.165) is 25.9 Å². The van der Waals surface area contributed by atoms with Gasteiger partial charge < -0.3 is 15.7 Å². The van der Waals surface area contributed by atoms with Crippen molar-refractivity contribution in [3.05, 3.63) is 11.5 Å². The molecule has 3 atom stereocenters. The van der Waals surface area contributed by atoms with Crippen LogP contribution < -0.4 is 10.6 Å². The molecule has 0 radical (unpaired) electrons. The summed E-state index contributed by atoms with van der Waals surface area (Å²) in [7, 11) is 0. The first-order valence-corrected chi connectivity index (χ1v) is 6.23. The lowest BCUT2D eigenvalue weighted by atomic mass is 10.00. The largest absolute Gasteiger partial charge is 0.393 e. The Morgan fingerprint density at radius 1 is 1.35 bits per heavy atom. The summed E-state index contributed by atoms with van der Waals surface area (Å²) in [6, 6.07) is 0. The molecule has 0 amide bonds. The predicted molar refractivity (Wildman–Crippen MR) is 65.9 cm³/mol. The van der Waals surface area contributed by atoms with E-state index >= 15 is 0 Å². The molecule has 5 nitrogen and oxygen atoms in total. The quantitative estimate of drug-likeness (QED) is 0.729. The normalized spacial score (nSPS) is 31.9. The van der Waals surface area contributed by atoms with Crippen LogP contribution in [0.25, 0.3) is 0 Å². The third-order valence-electron chi connectivity index (χ3n) is 3.93. The maximum Gasteiger partial charge on any atom is 0.157 e. The van der Waals surface area contributed by atoms with E-state index in [1.54, 1.807) is 0 Å². The van der Waals surface area contributed by atoms with Gasteiger partial charge in [0.25, 0.3) is 0 Å². The molecule has 3 rings (SSSR count). The average Bonchev–Trinajstić information content (AvgIpc) is 2.85. The number of aromatic nitrogens is 2. The van der Waals surface area contributed by atoms with Crippen LogP contribution in [0.2, 0.25) is 5.15 Å². The van der Waals surface area contributed by atoms with Gasteiger partial charge in [0.15, 0.2) is 11.0 Å². The molecule has 1 aliphatic heterocycles. The summed E-state index contributed by atoms with van der Waals surface area (Å²) in [4.78, 5) is 10.2. The fraction of sp³-hybridized carbons (Fsp3) is 0.636. The van der Waals surface area contributed by atoms with Crippen molar-refractivity contribution < 1.29 is 5.11 Å². The molecule has 17 heavy (non-hydrogen) atoms. The first-order valence-electron chi connectivity index (χ1n) is 5.86. The van der Waals surface area contributed by atoms with Crippen molar-refractivity contribution in [1.82, 2.24) is 9.97 Å². The predicted octanol–water partition coefficient (Wildman–Crippen LogP) is 0.919. The lowest BCUT2D eigenvalue weighted by Crippen LogP contribution is -2.26. The highest BCUT2D eigenvalue weighted by atomic mass is 35.5. The van der Waals surface area contributed by atoms with E-state index in [4.69, 9.17) is 17.3 Å². The minimum absolute atomic E-state index is 0.177. The average molecular weight is 255 g/mol. The number of halogens is 1. The van der Waals surface area contributed by atoms with E-state index in [2.05, 4.69) is 14.9 Å². The van der Waals surface area contributed by atoms with Crippen LogP contribution in [-0.4, -0.2) is 34.3 Å². The van der Waals surface area contributed by atoms with Gasteiger partial charge in [-0.3, -0.25) is 0 Å². The second-order valence-corrected chi connectivity index (χ2v) is 5.23. The van der Waals surface area contributed by atoms with Crippen LogP contribution in [0.4, 0.5) is 11.5 Å². The molecule has 1 saturated heterocycles. The molecule has 1 aromatic heterocycles. The standard InChI is InChI=1S/C11H15ClN4O/c12-10-9(13)11(15-5-14-10)16-3-6-1-2-8(17)7(6)4-16/h5-8,17H,1-4,13H2. The zero-order valence-corrected chi connectivity index (χ0v) is 10.1. The van der Waals surface area contributed by atoms with E-state index in [-0.39, 0.29) is 6.10 Å². The Labute approximate surface area is 105 Å². The summed E-state index contributed by atoms with van der Waals surface area (Å²) < 4.78 is 0. The molecule has 2 fully saturated rings. The Morgan fingerprint density at radius 2 is 2.18 bits per heavy atom. The van der Waals surface area contributed by atoms with Crippen molar-refractivity contribution in [2.45, 2.75) is 18.9 Å². The SMILES string of the molecule is Nc1c(Cl)ncnc1N1CC2CCC(O)C2C1. The molecule has 1 aliphatic carbocycles. The fourth-order valence-electron chi connectivity index (χ4n) is 3.03. The van der Waals surface area contributed by atoms with Crippen molar-refractivity contribution >= 4 is 23.1 Å². The molecule has 2 aliphatic rings. The topological polar surface area (TPSA) is 75.3 Å². The highest BCUT2D eigenvalue weighted by Crippen LogP contribution is 2.40. The number of hydrogen-bond acceptors (Lipinski definition) is 5. The zero-order chi connectivity index (χ0) is 12.0. The third-order valence-corrected chi connectivity index (χ3v) is 4.23. The van der Waals surface area contributed by atoms with E-state index in [0.29, 0.717) is 28.5 Å². The first kappa shape index (κ1) is 11.0. The van der Waals surface area contributed by atoms with Gasteiger partial charge in [-0.1, -0.05) is 11.6 Å². The molecule has 3 N–H and O–H groups in total. The minimum atomic E-state index is -0.177. The summed E-state index contributed by atoms with van der Waals surface area (Å²) >= 11 is 5.89. The van der Waals surface area contributed by atoms with Crippen LogP contribution in [0.15, 0.2) is 6.33 Å². The van der Waals surface area contributed by atoms with Gasteiger partial charge in [-0.15, -0.1) is 0 Å². The number of aliphatic hydroxyl groups excluding tert-OH is 1. The van der Waals surface area contributed by atoms with E-state index < -0.39 is 0 Å². The molecule has 1 aromatic rings. The Balaban J connectivity index is 1.85. The van der Waals surface area contributed by atoms with Gasteiger partial charge in [0, 0.05) is 19.0 Å². The number of nitrogen functional groups attached to an aromatic ring is 1. The lowest BCUT2D eigenvalue weighted by Gasteiger charge is -2.20. The summed E-state index contributed by atoms with van der Waals surface area (Å²) in [6.45, 7) is 1.71. The van der Waals surface area contributed by atoms with Crippen LogP contribution >= 0.6 is 11.6 Å². The van der Waals surface area contributed by atoms with Crippen molar-refractivity contribution in [3.63, 3.8) is 0 Å². The van der Waals surface area contributed by atoms with Gasteiger partial charge >= 0.3 is 0 Å². The summed E-state index contributed by atoms with van der Waals surface area (Å²) in [6.07, 6.45) is 3.26. The van der Waals surface area contributed by atoms with Gasteiger partial charge in [-0.25, -0.2) is 9.97 Å². The third kappa shape index (κ3) is 1.73. The van der Waals surface area contributed by atoms with Gasteiger partial charge in [0.2, 0.25) is 0 Å². The minimum Gasteiger partial charge on any atom is -0.393 e. The maximum atomic E-state index is 9.87. The molecule has 1 saturated carbocycles. The number of nitrogens with two attached hydrogens (primary N) is 1. The molecule has 2 heterocycles. The fourth-order valence-corrected chi connectivity index (χ4v) is 3.16. The van der Waals surface area contributed by atoms with Crippen molar-refractivity contribution in [1.29, 1.82) is 0 Å². The maximum absolute atomic E-state index is 9.87. The number of hydrogen-bond donors (Lipinski definition) is 2. The monoisotopic (exact) mass is 254 g/mol. The number of anilines is 2. The van der Waals surface area contributed by atoms with Crippen LogP contribution in [0.1, 0.15) is 12.8 Å². The van der Waals surface area contributed by atoms with Crippen LogP contribution in [0.5, 0.6) is 0 Å². The van der Waals surface area contributed by atoms with Crippen molar-refractivity contribution in [3.8, 4) is 0 Å². The number of rotatable bonds is 1. The highest BCUT2D eigenvalue weighted by Gasteiger charge is 2.42. The van der Waals surface area contributed by atoms with Gasteiger partial charge in [0.1, 0.15) is 12.0 Å². The molecule has 92 valence electrons. The Bertz CT molecular complexity index is 441. The summed E-state index contributed by atoms with van der Waals surface area (Å²) in [5.41, 5.74) is 6.32. The van der Waals surface area contributed by atoms with Crippen molar-refractivity contribution in [2.75, 3.05) is 23.7 Å². The first-order chi connectivity index (χ1) is 8.16. The van der Waals surface area contributed by atoms with Crippen LogP contribution in [0.3, 0.4) is 0 Å². The second kappa shape index (κ2) is 3.99. The number of aliphatic hydroxyl groups is 1. The Morgan fingerprint density at radius 3 is 2.94 bits per heavy atom. The van der Waals surface area contributed by atoms with Crippen LogP contribution in [0, 0.1) is 11.8 Å². The van der Waals surface area contributed by atoms with Crippen molar-refractivity contribution in [2.24, 2.45) is 11.8 Å². The molecule has 6 heteroatoms. The number of fused-ring (bicyclic) bond motifs is 1. The van der Waals surface area contributed by atoms with E-state index in [1.165, 1.54) is 6.33 Å². The van der Waals surface area contributed by atoms with Crippen LogP contribution in [-0.2, 0) is 0 Å². The molecule has 0 aromatic carbocycles. The van der Waals surface area contributed by atoms with E-state index in [9.17, 15) is 5.11 Å². The number of nitrogens with zero attached hydrogens (tertiary/aromatic N) is 3. The van der Waals surface area contributed by atoms with Gasteiger partial charge in [-0.05, 0) is 18.8 Å². The molecule has 3 unspecified atom stereocenters. The molecular weight excluding hydrogens is 240 g/mol. The molecular formula is C11H15ClN4O. The highest BCUT2D eigenvalue weighted by molar-refractivity contribution is 6.32. The summed E-state index contributed by atoms with van der Waals surface area (Å²) in [5.74, 6) is 1.60. The summed E-state index contributed by atoms with van der Waals surface area (Å²) in [5, 5.41) is 10.2. The van der Waals surface area contributed by atoms with Gasteiger partial charge in [0.05, 0.1) is 6.10 Å². The Hall–Kier alpha value is -1.07. The van der Waals surface area contributed by atoms with E-state index in [1.807, 2.05) is 0 Å².